The van der Waals surface area contributed by atoms with E-state index >= 15 is 0 Å². The third-order valence-corrected chi connectivity index (χ3v) is 3.45. The van der Waals surface area contributed by atoms with Gasteiger partial charge in [-0.1, -0.05) is 6.92 Å². The lowest BCUT2D eigenvalue weighted by atomic mass is 10.3. The molecule has 0 spiro atoms. The summed E-state index contributed by atoms with van der Waals surface area (Å²) >= 11 is 0. The number of alkyl halides is 3. The van der Waals surface area contributed by atoms with E-state index in [1.807, 2.05) is 0 Å². The van der Waals surface area contributed by atoms with E-state index < -0.39 is 34.2 Å². The molecule has 1 unspecified atom stereocenters. The minimum Gasteiger partial charge on any atom is -0.327 e. The van der Waals surface area contributed by atoms with Crippen molar-refractivity contribution in [2.75, 3.05) is 11.5 Å². The Morgan fingerprint density at radius 2 is 1.86 bits per heavy atom. The van der Waals surface area contributed by atoms with Gasteiger partial charge in [-0.3, -0.25) is 0 Å². The highest BCUT2D eigenvalue weighted by Crippen LogP contribution is 2.20. The number of sulfone groups is 1. The Bertz CT molecular complexity index is 261. The fraction of sp³-hybridized carbons (Fsp3) is 1.00. The SMILES string of the molecule is CCC(N)CS(=O)(=O)CCC(F)(F)F. The standard InChI is InChI=1S/C7H14F3NO2S/c1-2-6(11)5-14(12,13)4-3-7(8,9)10/h6H,2-5,11H2,1H3. The average Bonchev–Trinajstić information content (AvgIpc) is 1.99. The van der Waals surface area contributed by atoms with E-state index in [-0.39, 0.29) is 5.75 Å². The second-order valence-electron chi connectivity index (χ2n) is 3.15. The Labute approximate surface area is 81.4 Å². The van der Waals surface area contributed by atoms with E-state index in [4.69, 9.17) is 5.73 Å². The van der Waals surface area contributed by atoms with Gasteiger partial charge in [0.25, 0.3) is 0 Å². The number of rotatable bonds is 5. The van der Waals surface area contributed by atoms with Gasteiger partial charge < -0.3 is 5.73 Å². The van der Waals surface area contributed by atoms with Gasteiger partial charge in [-0.05, 0) is 6.42 Å². The smallest absolute Gasteiger partial charge is 0.327 e. The molecule has 7 heteroatoms. The van der Waals surface area contributed by atoms with Gasteiger partial charge in [-0.2, -0.15) is 13.2 Å². The van der Waals surface area contributed by atoms with Crippen LogP contribution in [0.5, 0.6) is 0 Å². The maximum atomic E-state index is 11.7. The lowest BCUT2D eigenvalue weighted by molar-refractivity contribution is -0.129. The van der Waals surface area contributed by atoms with Crippen molar-refractivity contribution in [3.05, 3.63) is 0 Å². The number of hydrogen-bond acceptors (Lipinski definition) is 3. The minimum absolute atomic E-state index is 0.375. The molecule has 0 aromatic carbocycles. The zero-order valence-electron chi connectivity index (χ0n) is 7.84. The van der Waals surface area contributed by atoms with Crippen LogP contribution < -0.4 is 5.73 Å². The summed E-state index contributed by atoms with van der Waals surface area (Å²) in [6.45, 7) is 1.68. The Balaban J connectivity index is 4.10. The summed E-state index contributed by atoms with van der Waals surface area (Å²) in [6, 6.07) is -0.576. The van der Waals surface area contributed by atoms with E-state index in [1.165, 1.54) is 0 Å². The first-order valence-corrected chi connectivity index (χ1v) is 6.01. The van der Waals surface area contributed by atoms with Gasteiger partial charge in [0.15, 0.2) is 9.84 Å². The molecule has 14 heavy (non-hydrogen) atoms. The van der Waals surface area contributed by atoms with Crippen molar-refractivity contribution in [2.45, 2.75) is 32.0 Å². The lowest BCUT2D eigenvalue weighted by Gasteiger charge is -2.10. The van der Waals surface area contributed by atoms with Gasteiger partial charge in [-0.15, -0.1) is 0 Å². The Hall–Kier alpha value is -0.300. The molecule has 1 atom stereocenters. The van der Waals surface area contributed by atoms with Crippen molar-refractivity contribution in [3.8, 4) is 0 Å². The minimum atomic E-state index is -4.43. The summed E-state index contributed by atoms with van der Waals surface area (Å²) in [4.78, 5) is 0. The highest BCUT2D eigenvalue weighted by molar-refractivity contribution is 7.91. The lowest BCUT2D eigenvalue weighted by Crippen LogP contribution is -2.31. The monoisotopic (exact) mass is 233 g/mol. The van der Waals surface area contributed by atoms with Crippen molar-refractivity contribution < 1.29 is 21.6 Å². The first-order valence-electron chi connectivity index (χ1n) is 4.19. The third kappa shape index (κ3) is 7.14. The fourth-order valence-corrected chi connectivity index (χ4v) is 2.40. The Kier molecular flexibility index (Phi) is 4.87. The molecule has 0 saturated carbocycles. The van der Waals surface area contributed by atoms with Gasteiger partial charge in [0.1, 0.15) is 0 Å². The van der Waals surface area contributed by atoms with E-state index in [1.54, 1.807) is 6.92 Å². The molecule has 0 rings (SSSR count). The molecular formula is C7H14F3NO2S. The van der Waals surface area contributed by atoms with Crippen LogP contribution in [0.1, 0.15) is 19.8 Å². The van der Waals surface area contributed by atoms with Crippen molar-refractivity contribution in [3.63, 3.8) is 0 Å². The molecular weight excluding hydrogens is 219 g/mol. The molecule has 0 aromatic rings. The summed E-state index contributed by atoms with van der Waals surface area (Å²) in [5.74, 6) is -1.25. The Morgan fingerprint density at radius 1 is 1.36 bits per heavy atom. The molecule has 0 aliphatic heterocycles. The number of hydrogen-bond donors (Lipinski definition) is 1. The van der Waals surface area contributed by atoms with Crippen LogP contribution in [0.15, 0.2) is 0 Å². The summed E-state index contributed by atoms with van der Waals surface area (Å²) in [7, 11) is -3.67. The van der Waals surface area contributed by atoms with Crippen LogP contribution in [0.3, 0.4) is 0 Å². The zero-order chi connectivity index (χ0) is 11.4. The second kappa shape index (κ2) is 4.97. The predicted octanol–water partition coefficient (Wildman–Crippen LogP) is 1.09. The van der Waals surface area contributed by atoms with Gasteiger partial charge >= 0.3 is 6.18 Å². The third-order valence-electron chi connectivity index (χ3n) is 1.69. The van der Waals surface area contributed by atoms with E-state index in [0.29, 0.717) is 6.42 Å². The largest absolute Gasteiger partial charge is 0.390 e. The molecule has 86 valence electrons. The van der Waals surface area contributed by atoms with Gasteiger partial charge in [-0.25, -0.2) is 8.42 Å². The van der Waals surface area contributed by atoms with Crippen molar-refractivity contribution in [2.24, 2.45) is 5.73 Å². The van der Waals surface area contributed by atoms with Gasteiger partial charge in [0.2, 0.25) is 0 Å². The fourth-order valence-electron chi connectivity index (χ4n) is 0.799. The first-order chi connectivity index (χ1) is 6.16. The Morgan fingerprint density at radius 3 is 2.21 bits per heavy atom. The van der Waals surface area contributed by atoms with Gasteiger partial charge in [0.05, 0.1) is 17.9 Å². The predicted molar refractivity (Wildman–Crippen MR) is 47.6 cm³/mol. The number of halogens is 3. The van der Waals surface area contributed by atoms with Crippen molar-refractivity contribution >= 4 is 9.84 Å². The molecule has 0 saturated heterocycles. The second-order valence-corrected chi connectivity index (χ2v) is 5.38. The van der Waals surface area contributed by atoms with Crippen LogP contribution in [0, 0.1) is 0 Å². The van der Waals surface area contributed by atoms with Crippen molar-refractivity contribution in [1.29, 1.82) is 0 Å². The first kappa shape index (κ1) is 13.7. The van der Waals surface area contributed by atoms with E-state index in [0.717, 1.165) is 0 Å². The molecule has 0 aliphatic carbocycles. The van der Waals surface area contributed by atoms with Crippen LogP contribution in [0.25, 0.3) is 0 Å². The molecule has 2 N–H and O–H groups in total. The van der Waals surface area contributed by atoms with Crippen LogP contribution in [-0.2, 0) is 9.84 Å². The molecule has 0 bridgehead atoms. The summed E-state index contributed by atoms with van der Waals surface area (Å²) in [5, 5.41) is 0. The molecule has 0 fully saturated rings. The average molecular weight is 233 g/mol. The van der Waals surface area contributed by atoms with Crippen LogP contribution in [0.2, 0.25) is 0 Å². The normalized spacial score (nSPS) is 15.5. The summed E-state index contributed by atoms with van der Waals surface area (Å²) in [5.41, 5.74) is 5.34. The maximum Gasteiger partial charge on any atom is 0.390 e. The van der Waals surface area contributed by atoms with Crippen LogP contribution in [-0.4, -0.2) is 32.1 Å². The summed E-state index contributed by atoms with van der Waals surface area (Å²) in [6.07, 6.45) is -5.29. The molecule has 0 heterocycles. The molecule has 0 radical (unpaired) electrons. The number of nitrogens with two attached hydrogens (primary N) is 1. The molecule has 0 aromatic heterocycles. The maximum absolute atomic E-state index is 11.7. The van der Waals surface area contributed by atoms with E-state index in [9.17, 15) is 21.6 Å². The zero-order valence-corrected chi connectivity index (χ0v) is 8.66. The highest BCUT2D eigenvalue weighted by atomic mass is 32.2. The van der Waals surface area contributed by atoms with Crippen molar-refractivity contribution in [1.82, 2.24) is 0 Å². The topological polar surface area (TPSA) is 60.2 Å². The van der Waals surface area contributed by atoms with Crippen LogP contribution in [0.4, 0.5) is 13.2 Å². The molecule has 3 nitrogen and oxygen atoms in total. The molecule has 0 aliphatic rings. The molecule has 0 amide bonds. The summed E-state index contributed by atoms with van der Waals surface area (Å²) < 4.78 is 57.3. The van der Waals surface area contributed by atoms with Crippen LogP contribution >= 0.6 is 0 Å². The quantitative estimate of drug-likeness (QED) is 0.773. The van der Waals surface area contributed by atoms with E-state index in [2.05, 4.69) is 0 Å². The highest BCUT2D eigenvalue weighted by Gasteiger charge is 2.30. The van der Waals surface area contributed by atoms with Gasteiger partial charge in [0, 0.05) is 6.04 Å².